The predicted octanol–water partition coefficient (Wildman–Crippen LogP) is 11.5. The first kappa shape index (κ1) is 24.4. The smallest absolute Gasteiger partial charge is 0.136 e. The van der Waals surface area contributed by atoms with Crippen LogP contribution in [0, 0.1) is 0 Å². The van der Waals surface area contributed by atoms with E-state index in [-0.39, 0.29) is 0 Å². The van der Waals surface area contributed by atoms with Crippen molar-refractivity contribution in [1.82, 2.24) is 9.97 Å². The quantitative estimate of drug-likeness (QED) is 0.193. The molecule has 0 aliphatic carbocycles. The number of hydrogen-bond donors (Lipinski definition) is 0. The molecular weight excluding hydrogens is 548 g/mol. The van der Waals surface area contributed by atoms with Crippen LogP contribution in [0.3, 0.4) is 0 Å². The Morgan fingerprint density at radius 2 is 0.933 bits per heavy atom. The molecule has 2 aromatic heterocycles. The van der Waals surface area contributed by atoms with E-state index in [0.29, 0.717) is 0 Å². The summed E-state index contributed by atoms with van der Waals surface area (Å²) in [6.45, 7) is 0. The van der Waals surface area contributed by atoms with Crippen molar-refractivity contribution in [3.8, 4) is 22.5 Å². The topological polar surface area (TPSA) is 38.9 Å². The number of fused-ring (bicyclic) bond motifs is 11. The third-order valence-corrected chi connectivity index (χ3v) is 9.21. The van der Waals surface area contributed by atoms with Crippen LogP contribution in [0.5, 0.6) is 0 Å². The minimum absolute atomic E-state index is 0.842. The third-order valence-electron chi connectivity index (χ3n) is 9.21. The highest BCUT2D eigenvalue weighted by atomic mass is 16.3. The van der Waals surface area contributed by atoms with Crippen LogP contribution in [0.15, 0.2) is 150 Å². The molecule has 208 valence electrons. The molecule has 0 fully saturated rings. The number of hydrogen-bond acceptors (Lipinski definition) is 3. The van der Waals surface area contributed by atoms with Gasteiger partial charge >= 0.3 is 0 Å². The van der Waals surface area contributed by atoms with E-state index >= 15 is 0 Å². The summed E-state index contributed by atoms with van der Waals surface area (Å²) in [6, 6.07) is 51.3. The molecule has 0 saturated heterocycles. The van der Waals surface area contributed by atoms with Crippen molar-refractivity contribution >= 4 is 76.1 Å². The fraction of sp³-hybridized carbons (Fsp3) is 0. The molecule has 0 spiro atoms. The average Bonchev–Trinajstić information content (AvgIpc) is 3.49. The molecule has 2 heterocycles. The van der Waals surface area contributed by atoms with Gasteiger partial charge in [0.1, 0.15) is 11.2 Å². The first-order chi connectivity index (χ1) is 22.3. The largest absolute Gasteiger partial charge is 0.456 e. The summed E-state index contributed by atoms with van der Waals surface area (Å²) in [5, 5.41) is 11.9. The van der Waals surface area contributed by atoms with Crippen molar-refractivity contribution in [2.45, 2.75) is 0 Å². The summed E-state index contributed by atoms with van der Waals surface area (Å²) in [6.07, 6.45) is 0. The van der Waals surface area contributed by atoms with Crippen molar-refractivity contribution < 1.29 is 4.42 Å². The van der Waals surface area contributed by atoms with Crippen molar-refractivity contribution in [3.63, 3.8) is 0 Å². The van der Waals surface area contributed by atoms with Gasteiger partial charge in [-0.15, -0.1) is 0 Å². The molecule has 0 N–H and O–H groups in total. The van der Waals surface area contributed by atoms with Gasteiger partial charge in [-0.1, -0.05) is 115 Å². The molecule has 0 atom stereocenters. The van der Waals surface area contributed by atoms with E-state index in [1.165, 1.54) is 43.1 Å². The van der Waals surface area contributed by atoms with Gasteiger partial charge in [0.05, 0.1) is 22.4 Å². The van der Waals surface area contributed by atoms with E-state index in [1.807, 2.05) is 36.4 Å². The van der Waals surface area contributed by atoms with Crippen LogP contribution in [-0.4, -0.2) is 9.97 Å². The van der Waals surface area contributed by atoms with Gasteiger partial charge in [0.25, 0.3) is 0 Å². The van der Waals surface area contributed by atoms with Gasteiger partial charge in [0, 0.05) is 21.9 Å². The lowest BCUT2D eigenvalue weighted by molar-refractivity contribution is 0.669. The summed E-state index contributed by atoms with van der Waals surface area (Å²) in [5.74, 6) is 0. The van der Waals surface area contributed by atoms with Gasteiger partial charge in [-0.25, -0.2) is 9.97 Å². The number of nitrogens with zero attached hydrogens (tertiary/aromatic N) is 2. The van der Waals surface area contributed by atoms with Crippen LogP contribution in [0.1, 0.15) is 0 Å². The lowest BCUT2D eigenvalue weighted by atomic mass is 9.88. The molecule has 0 bridgehead atoms. The number of benzene rings is 8. The van der Waals surface area contributed by atoms with Crippen LogP contribution >= 0.6 is 0 Å². The molecule has 0 aliphatic rings. The maximum atomic E-state index is 6.33. The van der Waals surface area contributed by atoms with Gasteiger partial charge in [-0.2, -0.15) is 0 Å². The lowest BCUT2D eigenvalue weighted by Crippen LogP contribution is -1.97. The Morgan fingerprint density at radius 3 is 1.71 bits per heavy atom. The maximum Gasteiger partial charge on any atom is 0.136 e. The molecule has 10 aromatic rings. The second kappa shape index (κ2) is 9.22. The SMILES string of the molecule is c1ccc2c(c1)ccc1c2c(-c2nc3ccccc3nc2-c2cccc3oc4ccccc4c23)cc2ccc3ccccc3c21. The van der Waals surface area contributed by atoms with Crippen molar-refractivity contribution in [2.24, 2.45) is 0 Å². The second-order valence-corrected chi connectivity index (χ2v) is 11.7. The Morgan fingerprint density at radius 1 is 0.356 bits per heavy atom. The molecular formula is C42H24N2O. The highest BCUT2D eigenvalue weighted by Gasteiger charge is 2.22. The second-order valence-electron chi connectivity index (χ2n) is 11.7. The monoisotopic (exact) mass is 572 g/mol. The van der Waals surface area contributed by atoms with Crippen LogP contribution in [0.2, 0.25) is 0 Å². The molecule has 10 rings (SSSR count). The highest BCUT2D eigenvalue weighted by Crippen LogP contribution is 2.45. The van der Waals surface area contributed by atoms with E-state index in [0.717, 1.165) is 55.5 Å². The molecule has 0 amide bonds. The minimum Gasteiger partial charge on any atom is -0.456 e. The van der Waals surface area contributed by atoms with Gasteiger partial charge in [-0.3, -0.25) is 0 Å². The van der Waals surface area contributed by atoms with Gasteiger partial charge in [0.15, 0.2) is 0 Å². The Balaban J connectivity index is 1.42. The zero-order chi connectivity index (χ0) is 29.5. The third kappa shape index (κ3) is 3.52. The molecule has 3 nitrogen and oxygen atoms in total. The van der Waals surface area contributed by atoms with E-state index < -0.39 is 0 Å². The fourth-order valence-corrected chi connectivity index (χ4v) is 7.24. The minimum atomic E-state index is 0.842. The Kier molecular flexibility index (Phi) is 5.00. The Labute approximate surface area is 258 Å². The van der Waals surface area contributed by atoms with Crippen LogP contribution in [0.25, 0.3) is 98.6 Å². The van der Waals surface area contributed by atoms with Crippen LogP contribution < -0.4 is 0 Å². The predicted molar refractivity (Wildman–Crippen MR) is 188 cm³/mol. The van der Waals surface area contributed by atoms with Gasteiger partial charge in [0.2, 0.25) is 0 Å². The van der Waals surface area contributed by atoms with E-state index in [4.69, 9.17) is 14.4 Å². The summed E-state index contributed by atoms with van der Waals surface area (Å²) < 4.78 is 6.33. The molecule has 8 aromatic carbocycles. The van der Waals surface area contributed by atoms with E-state index in [1.54, 1.807) is 0 Å². The highest BCUT2D eigenvalue weighted by molar-refractivity contribution is 6.29. The normalized spacial score (nSPS) is 12.0. The number of rotatable bonds is 2. The maximum absolute atomic E-state index is 6.33. The number of furan rings is 1. The summed E-state index contributed by atoms with van der Waals surface area (Å²) in [7, 11) is 0. The molecule has 0 unspecified atom stereocenters. The number of para-hydroxylation sites is 3. The van der Waals surface area contributed by atoms with Gasteiger partial charge in [-0.05, 0) is 73.4 Å². The summed E-state index contributed by atoms with van der Waals surface area (Å²) in [5.41, 5.74) is 7.23. The van der Waals surface area contributed by atoms with E-state index in [9.17, 15) is 0 Å². The molecule has 0 radical (unpaired) electrons. The standard InChI is InChI=1S/C42H24N2O/c1-3-12-28-25(10-1)20-21-27-24-33(39-29-13-4-2-11-26(29)22-23-31(39)38(27)28)42-41(43-34-16-6-7-17-35(34)44-42)32-15-9-19-37-40(32)30-14-5-8-18-36(30)45-37/h1-24H. The van der Waals surface area contributed by atoms with Crippen molar-refractivity contribution in [3.05, 3.63) is 146 Å². The van der Waals surface area contributed by atoms with E-state index in [2.05, 4.69) is 109 Å². The first-order valence-corrected chi connectivity index (χ1v) is 15.3. The molecule has 45 heavy (non-hydrogen) atoms. The zero-order valence-electron chi connectivity index (χ0n) is 24.2. The lowest BCUT2D eigenvalue weighted by Gasteiger charge is -2.17. The van der Waals surface area contributed by atoms with Crippen molar-refractivity contribution in [1.29, 1.82) is 0 Å². The fourth-order valence-electron chi connectivity index (χ4n) is 7.24. The average molecular weight is 573 g/mol. The summed E-state index contributed by atoms with van der Waals surface area (Å²) in [4.78, 5) is 10.8. The number of aromatic nitrogens is 2. The first-order valence-electron chi connectivity index (χ1n) is 15.3. The zero-order valence-corrected chi connectivity index (χ0v) is 24.2. The molecule has 0 aliphatic heterocycles. The van der Waals surface area contributed by atoms with Gasteiger partial charge < -0.3 is 4.42 Å². The Bertz CT molecular complexity index is 2830. The summed E-state index contributed by atoms with van der Waals surface area (Å²) >= 11 is 0. The molecule has 3 heteroatoms. The van der Waals surface area contributed by atoms with Crippen LogP contribution in [-0.2, 0) is 0 Å². The van der Waals surface area contributed by atoms with Crippen molar-refractivity contribution in [2.75, 3.05) is 0 Å². The Hall–Kier alpha value is -6.06. The van der Waals surface area contributed by atoms with Crippen LogP contribution in [0.4, 0.5) is 0 Å². The molecule has 0 saturated carbocycles.